The Hall–Kier alpha value is -4.00. The number of aromatic nitrogens is 2. The number of benzene rings is 2. The Morgan fingerprint density at radius 3 is 2.48 bits per heavy atom. The van der Waals surface area contributed by atoms with E-state index >= 15 is 0 Å². The van der Waals surface area contributed by atoms with Crippen molar-refractivity contribution in [2.45, 2.75) is 20.5 Å². The van der Waals surface area contributed by atoms with Crippen molar-refractivity contribution in [3.8, 4) is 17.2 Å². The van der Waals surface area contributed by atoms with E-state index in [0.29, 0.717) is 31.1 Å². The third-order valence-electron chi connectivity index (χ3n) is 5.03. The molecule has 0 aliphatic carbocycles. The Bertz CT molecular complexity index is 1220. The van der Waals surface area contributed by atoms with E-state index in [1.807, 2.05) is 79.2 Å². The highest BCUT2D eigenvalue weighted by Crippen LogP contribution is 2.20. The van der Waals surface area contributed by atoms with Crippen LogP contribution in [0.3, 0.4) is 0 Å². The third kappa shape index (κ3) is 5.63. The average Bonchev–Trinajstić information content (AvgIpc) is 3.26. The number of carbonyl (C=O) groups is 1. The second kappa shape index (κ2) is 10.5. The van der Waals surface area contributed by atoms with E-state index < -0.39 is 0 Å². The summed E-state index contributed by atoms with van der Waals surface area (Å²) in [5.41, 5.74) is 3.26. The highest BCUT2D eigenvalue weighted by Gasteiger charge is 2.13. The second-order valence-corrected chi connectivity index (χ2v) is 7.45. The molecule has 0 fully saturated rings. The summed E-state index contributed by atoms with van der Waals surface area (Å²) in [6, 6.07) is 18.6. The molecule has 2 heterocycles. The van der Waals surface area contributed by atoms with Gasteiger partial charge in [-0.1, -0.05) is 18.2 Å². The third-order valence-corrected chi connectivity index (χ3v) is 5.03. The maximum Gasteiger partial charge on any atom is 0.255 e. The number of nitrogens with zero attached hydrogens (tertiary/aromatic N) is 2. The fourth-order valence-electron chi connectivity index (χ4n) is 3.43. The van der Waals surface area contributed by atoms with Crippen LogP contribution in [0.5, 0.6) is 17.2 Å². The summed E-state index contributed by atoms with van der Waals surface area (Å²) in [7, 11) is 0. The molecule has 170 valence electrons. The fourth-order valence-corrected chi connectivity index (χ4v) is 3.43. The molecule has 1 N–H and O–H groups in total. The first-order chi connectivity index (χ1) is 16.1. The predicted octanol–water partition coefficient (Wildman–Crippen LogP) is 4.43. The van der Waals surface area contributed by atoms with Gasteiger partial charge in [0.15, 0.2) is 0 Å². The van der Waals surface area contributed by atoms with Crippen molar-refractivity contribution in [2.24, 2.45) is 0 Å². The number of imidazole rings is 1. The number of hydrogen-bond acceptors (Lipinski definition) is 5. The van der Waals surface area contributed by atoms with E-state index in [1.54, 1.807) is 12.1 Å². The summed E-state index contributed by atoms with van der Waals surface area (Å²) < 4.78 is 19.0. The van der Waals surface area contributed by atoms with Gasteiger partial charge in [-0.15, -0.1) is 0 Å². The van der Waals surface area contributed by atoms with Gasteiger partial charge >= 0.3 is 0 Å². The molecule has 2 aromatic carbocycles. The number of aryl methyl sites for hydroxylation is 1. The lowest BCUT2D eigenvalue weighted by Gasteiger charge is -2.12. The zero-order chi connectivity index (χ0) is 23.0. The molecule has 0 radical (unpaired) electrons. The van der Waals surface area contributed by atoms with Gasteiger partial charge in [0.1, 0.15) is 36.1 Å². The quantitative estimate of drug-likeness (QED) is 0.366. The van der Waals surface area contributed by atoms with Gasteiger partial charge in [0, 0.05) is 12.4 Å². The van der Waals surface area contributed by atoms with Crippen LogP contribution in [0.2, 0.25) is 0 Å². The molecule has 4 rings (SSSR count). The van der Waals surface area contributed by atoms with E-state index in [1.165, 1.54) is 0 Å². The van der Waals surface area contributed by atoms with Crippen LogP contribution < -0.4 is 19.5 Å². The van der Waals surface area contributed by atoms with Gasteiger partial charge in [0.05, 0.1) is 24.4 Å². The van der Waals surface area contributed by atoms with Crippen LogP contribution in [-0.2, 0) is 6.61 Å². The smallest absolute Gasteiger partial charge is 0.255 e. The van der Waals surface area contributed by atoms with Crippen LogP contribution in [0.1, 0.15) is 28.5 Å². The van der Waals surface area contributed by atoms with E-state index in [0.717, 1.165) is 28.4 Å². The Balaban J connectivity index is 1.30. The molecule has 0 saturated heterocycles. The number of amides is 1. The number of nitrogens with one attached hydrogen (secondary N) is 1. The lowest BCUT2D eigenvalue weighted by Crippen LogP contribution is -2.28. The fraction of sp³-hybridized carbons (Fsp3) is 0.231. The highest BCUT2D eigenvalue weighted by molar-refractivity contribution is 5.96. The van der Waals surface area contributed by atoms with Crippen molar-refractivity contribution in [1.82, 2.24) is 14.7 Å². The number of carbonyl (C=O) groups excluding carboxylic acids is 1. The van der Waals surface area contributed by atoms with Gasteiger partial charge in [-0.3, -0.25) is 4.79 Å². The minimum absolute atomic E-state index is 0.216. The molecular formula is C26H27N3O4. The van der Waals surface area contributed by atoms with E-state index in [4.69, 9.17) is 14.2 Å². The number of para-hydroxylation sites is 1. The summed E-state index contributed by atoms with van der Waals surface area (Å²) in [5, 5.41) is 2.88. The minimum atomic E-state index is -0.216. The van der Waals surface area contributed by atoms with Gasteiger partial charge in [0.25, 0.3) is 5.91 Å². The number of rotatable bonds is 10. The van der Waals surface area contributed by atoms with Crippen molar-refractivity contribution in [3.05, 3.63) is 89.9 Å². The lowest BCUT2D eigenvalue weighted by molar-refractivity contribution is 0.0942. The van der Waals surface area contributed by atoms with Gasteiger partial charge in [-0.25, -0.2) is 4.98 Å². The molecular weight excluding hydrogens is 418 g/mol. The van der Waals surface area contributed by atoms with Crippen molar-refractivity contribution < 1.29 is 19.0 Å². The number of fused-ring (bicyclic) bond motifs is 1. The largest absolute Gasteiger partial charge is 0.494 e. The predicted molar refractivity (Wildman–Crippen MR) is 126 cm³/mol. The van der Waals surface area contributed by atoms with Crippen molar-refractivity contribution in [2.75, 3.05) is 19.8 Å². The first kappa shape index (κ1) is 22.2. The molecule has 7 heteroatoms. The molecule has 7 nitrogen and oxygen atoms in total. The molecule has 0 aliphatic heterocycles. The zero-order valence-corrected chi connectivity index (χ0v) is 18.8. The minimum Gasteiger partial charge on any atom is -0.494 e. The van der Waals surface area contributed by atoms with Crippen LogP contribution in [-0.4, -0.2) is 35.1 Å². The molecule has 0 bridgehead atoms. The van der Waals surface area contributed by atoms with E-state index in [9.17, 15) is 4.79 Å². The number of pyridine rings is 1. The first-order valence-electron chi connectivity index (χ1n) is 10.9. The number of ether oxygens (including phenoxy) is 3. The number of hydrogen-bond donors (Lipinski definition) is 1. The molecule has 0 spiro atoms. The molecule has 0 saturated carbocycles. The maximum absolute atomic E-state index is 12.7. The van der Waals surface area contributed by atoms with E-state index in [-0.39, 0.29) is 12.5 Å². The molecule has 0 unspecified atom stereocenters. The first-order valence-corrected chi connectivity index (χ1v) is 10.9. The second-order valence-electron chi connectivity index (χ2n) is 7.45. The van der Waals surface area contributed by atoms with Gasteiger partial charge in [0.2, 0.25) is 0 Å². The van der Waals surface area contributed by atoms with Crippen molar-refractivity contribution >= 4 is 11.6 Å². The Morgan fingerprint density at radius 2 is 1.73 bits per heavy atom. The van der Waals surface area contributed by atoms with Crippen molar-refractivity contribution in [3.63, 3.8) is 0 Å². The average molecular weight is 446 g/mol. The highest BCUT2D eigenvalue weighted by atomic mass is 16.5. The molecule has 0 aliphatic rings. The summed E-state index contributed by atoms with van der Waals surface area (Å²) in [6.45, 7) is 5.57. The van der Waals surface area contributed by atoms with Gasteiger partial charge < -0.3 is 23.9 Å². The molecule has 4 aromatic rings. The normalized spacial score (nSPS) is 10.7. The summed E-state index contributed by atoms with van der Waals surface area (Å²) >= 11 is 0. The van der Waals surface area contributed by atoms with Gasteiger partial charge in [-0.2, -0.15) is 0 Å². The topological polar surface area (TPSA) is 74.1 Å². The summed E-state index contributed by atoms with van der Waals surface area (Å²) in [4.78, 5) is 17.3. The van der Waals surface area contributed by atoms with Gasteiger partial charge in [-0.05, 0) is 61.9 Å². The van der Waals surface area contributed by atoms with Crippen LogP contribution >= 0.6 is 0 Å². The van der Waals surface area contributed by atoms with Crippen molar-refractivity contribution in [1.29, 1.82) is 0 Å². The standard InChI is InChI=1S/C26H27N3O4/c1-3-31-21-10-12-22(13-11-21)32-16-14-27-26(30)23-8-4-5-9-24(23)33-18-20-17-29-15-6-7-19(2)25(29)28-20/h4-13,15,17H,3,14,16,18H2,1-2H3,(H,27,30). The van der Waals surface area contributed by atoms with Crippen LogP contribution in [0.4, 0.5) is 0 Å². The Labute approximate surface area is 192 Å². The van der Waals surface area contributed by atoms with Crippen LogP contribution in [0.15, 0.2) is 73.1 Å². The molecule has 2 aromatic heterocycles. The molecule has 1 amide bonds. The SMILES string of the molecule is CCOc1ccc(OCCNC(=O)c2ccccc2OCc2cn3cccc(C)c3n2)cc1. The van der Waals surface area contributed by atoms with Crippen LogP contribution in [0.25, 0.3) is 5.65 Å². The summed E-state index contributed by atoms with van der Waals surface area (Å²) in [5.74, 6) is 1.82. The Kier molecular flexibility index (Phi) is 7.09. The summed E-state index contributed by atoms with van der Waals surface area (Å²) in [6.07, 6.45) is 3.89. The maximum atomic E-state index is 12.7. The monoisotopic (exact) mass is 445 g/mol. The van der Waals surface area contributed by atoms with Crippen LogP contribution in [0, 0.1) is 6.92 Å². The molecule has 33 heavy (non-hydrogen) atoms. The molecule has 0 atom stereocenters. The van der Waals surface area contributed by atoms with E-state index in [2.05, 4.69) is 10.3 Å². The Morgan fingerprint density at radius 1 is 0.970 bits per heavy atom. The zero-order valence-electron chi connectivity index (χ0n) is 18.8. The lowest BCUT2D eigenvalue weighted by atomic mass is 10.2.